The predicted molar refractivity (Wildman–Crippen MR) is 85.5 cm³/mol. The van der Waals surface area contributed by atoms with Crippen molar-refractivity contribution in [3.8, 4) is 5.75 Å². The average molecular weight is 332 g/mol. The fraction of sp³-hybridized carbons (Fsp3) is 0.333. The Morgan fingerprint density at radius 2 is 2.17 bits per heavy atom. The molecule has 1 aliphatic rings. The van der Waals surface area contributed by atoms with Crippen molar-refractivity contribution in [3.05, 3.63) is 34.8 Å². The largest absolute Gasteiger partial charge is 0.497 e. The molecule has 0 aliphatic carbocycles. The van der Waals surface area contributed by atoms with Crippen LogP contribution in [0.3, 0.4) is 0 Å². The van der Waals surface area contributed by atoms with Crippen LogP contribution < -0.4 is 15.4 Å². The summed E-state index contributed by atoms with van der Waals surface area (Å²) in [6, 6.07) is 7.24. The van der Waals surface area contributed by atoms with Gasteiger partial charge in [0.2, 0.25) is 16.9 Å². The topological polar surface area (TPSA) is 93.2 Å². The summed E-state index contributed by atoms with van der Waals surface area (Å²) in [5.41, 5.74) is 1.09. The Morgan fingerprint density at radius 3 is 2.83 bits per heavy atom. The number of methoxy groups -OCH3 is 1. The zero-order valence-corrected chi connectivity index (χ0v) is 13.4. The fourth-order valence-corrected chi connectivity index (χ4v) is 3.07. The Bertz CT molecular complexity index is 714. The molecule has 2 aromatic rings. The number of rotatable bonds is 5. The van der Waals surface area contributed by atoms with Crippen molar-refractivity contribution in [2.45, 2.75) is 25.3 Å². The van der Waals surface area contributed by atoms with Gasteiger partial charge >= 0.3 is 0 Å². The van der Waals surface area contributed by atoms with Gasteiger partial charge in [0.05, 0.1) is 7.11 Å². The Kier molecular flexibility index (Phi) is 4.52. The molecule has 0 bridgehead atoms. The summed E-state index contributed by atoms with van der Waals surface area (Å²) in [4.78, 5) is 23.1. The number of ether oxygens (including phenoxy) is 1. The smallest absolute Gasteiger partial charge is 0.248 e. The second-order valence-electron chi connectivity index (χ2n) is 5.17. The van der Waals surface area contributed by atoms with Crippen LogP contribution in [-0.4, -0.2) is 35.2 Å². The lowest BCUT2D eigenvalue weighted by Crippen LogP contribution is -2.37. The number of anilines is 1. The van der Waals surface area contributed by atoms with Crippen LogP contribution in [0, 0.1) is 0 Å². The van der Waals surface area contributed by atoms with Crippen LogP contribution in [0.2, 0.25) is 0 Å². The molecule has 7 nitrogen and oxygen atoms in total. The van der Waals surface area contributed by atoms with Gasteiger partial charge in [0.1, 0.15) is 16.8 Å². The molecule has 120 valence electrons. The van der Waals surface area contributed by atoms with Crippen molar-refractivity contribution in [1.29, 1.82) is 0 Å². The molecule has 0 radical (unpaired) electrons. The monoisotopic (exact) mass is 332 g/mol. The molecule has 3 rings (SSSR count). The van der Waals surface area contributed by atoms with E-state index < -0.39 is 6.04 Å². The first kappa shape index (κ1) is 15.4. The summed E-state index contributed by atoms with van der Waals surface area (Å²) in [5, 5.41) is 14.6. The summed E-state index contributed by atoms with van der Waals surface area (Å²) in [5.74, 6) is 0.461. The Hall–Kier alpha value is -2.48. The lowest BCUT2D eigenvalue weighted by molar-refractivity contribution is -0.122. The maximum atomic E-state index is 12.0. The highest BCUT2D eigenvalue weighted by molar-refractivity contribution is 7.15. The van der Waals surface area contributed by atoms with Crippen molar-refractivity contribution in [2.75, 3.05) is 12.4 Å². The molecule has 1 aliphatic heterocycles. The fourth-order valence-electron chi connectivity index (χ4n) is 2.30. The van der Waals surface area contributed by atoms with Crippen LogP contribution in [0.1, 0.15) is 23.4 Å². The summed E-state index contributed by atoms with van der Waals surface area (Å²) < 4.78 is 5.12. The van der Waals surface area contributed by atoms with Gasteiger partial charge in [0.25, 0.3) is 0 Å². The summed E-state index contributed by atoms with van der Waals surface area (Å²) in [7, 11) is 1.63. The van der Waals surface area contributed by atoms with Gasteiger partial charge in [-0.3, -0.25) is 14.9 Å². The predicted octanol–water partition coefficient (Wildman–Crippen LogP) is 1.35. The third-order valence-electron chi connectivity index (χ3n) is 3.52. The van der Waals surface area contributed by atoms with Crippen LogP contribution in [0.25, 0.3) is 0 Å². The highest BCUT2D eigenvalue weighted by Gasteiger charge is 2.27. The standard InChI is InChI=1S/C15H16N4O3S/c1-22-10-4-2-9(3-5-10)8-13-18-19-15(23-13)17-14(21)11-6-7-12(20)16-11/h2-5,11H,6-8H2,1H3,(H,16,20)(H,17,19,21)/t11-/m1/s1. The molecule has 1 fully saturated rings. The molecule has 1 aromatic carbocycles. The first-order valence-electron chi connectivity index (χ1n) is 7.19. The Balaban J connectivity index is 1.59. The minimum absolute atomic E-state index is 0.0948. The van der Waals surface area contributed by atoms with Crippen LogP contribution >= 0.6 is 11.3 Å². The molecule has 0 unspecified atom stereocenters. The Morgan fingerprint density at radius 1 is 1.39 bits per heavy atom. The number of amides is 2. The number of carbonyl (C=O) groups is 2. The molecule has 1 saturated heterocycles. The van der Waals surface area contributed by atoms with Crippen LogP contribution in [-0.2, 0) is 16.0 Å². The third-order valence-corrected chi connectivity index (χ3v) is 4.36. The highest BCUT2D eigenvalue weighted by atomic mass is 32.1. The van der Waals surface area contributed by atoms with Gasteiger partial charge in [-0.1, -0.05) is 23.5 Å². The van der Waals surface area contributed by atoms with Gasteiger partial charge in [-0.2, -0.15) is 0 Å². The number of benzene rings is 1. The minimum Gasteiger partial charge on any atom is -0.497 e. The first-order chi connectivity index (χ1) is 11.1. The number of hydrogen-bond donors (Lipinski definition) is 2. The van der Waals surface area contributed by atoms with Crippen LogP contribution in [0.15, 0.2) is 24.3 Å². The molecule has 1 aromatic heterocycles. The maximum absolute atomic E-state index is 12.0. The maximum Gasteiger partial charge on any atom is 0.248 e. The normalized spacial score (nSPS) is 16.9. The number of nitrogens with one attached hydrogen (secondary N) is 2. The Labute approximate surface area is 137 Å². The second kappa shape index (κ2) is 6.74. The number of hydrogen-bond acceptors (Lipinski definition) is 6. The first-order valence-corrected chi connectivity index (χ1v) is 8.01. The molecule has 8 heteroatoms. The zero-order chi connectivity index (χ0) is 16.2. The van der Waals surface area contributed by atoms with Gasteiger partial charge in [-0.25, -0.2) is 0 Å². The van der Waals surface area contributed by atoms with E-state index in [1.165, 1.54) is 11.3 Å². The highest BCUT2D eigenvalue weighted by Crippen LogP contribution is 2.21. The lowest BCUT2D eigenvalue weighted by atomic mass is 10.1. The molecule has 2 N–H and O–H groups in total. The summed E-state index contributed by atoms with van der Waals surface area (Å²) in [6.45, 7) is 0. The van der Waals surface area contributed by atoms with E-state index in [0.717, 1.165) is 16.3 Å². The van der Waals surface area contributed by atoms with Crippen molar-refractivity contribution in [2.24, 2.45) is 0 Å². The van der Waals surface area contributed by atoms with E-state index in [2.05, 4.69) is 20.8 Å². The van der Waals surface area contributed by atoms with Crippen molar-refractivity contribution in [3.63, 3.8) is 0 Å². The molecule has 23 heavy (non-hydrogen) atoms. The van der Waals surface area contributed by atoms with Crippen LogP contribution in [0.5, 0.6) is 5.75 Å². The van der Waals surface area contributed by atoms with Crippen molar-refractivity contribution < 1.29 is 14.3 Å². The zero-order valence-electron chi connectivity index (χ0n) is 12.5. The van der Waals surface area contributed by atoms with E-state index >= 15 is 0 Å². The molecule has 0 saturated carbocycles. The summed E-state index contributed by atoms with van der Waals surface area (Å²) in [6.07, 6.45) is 1.54. The van der Waals surface area contributed by atoms with Crippen molar-refractivity contribution in [1.82, 2.24) is 15.5 Å². The third kappa shape index (κ3) is 3.84. The van der Waals surface area contributed by atoms with Crippen molar-refractivity contribution >= 4 is 28.3 Å². The molecular formula is C15H16N4O3S. The second-order valence-corrected chi connectivity index (χ2v) is 6.24. The van der Waals surface area contributed by atoms with Gasteiger partial charge in [0.15, 0.2) is 0 Å². The summed E-state index contributed by atoms with van der Waals surface area (Å²) >= 11 is 1.33. The quantitative estimate of drug-likeness (QED) is 0.862. The number of nitrogens with zero attached hydrogens (tertiary/aromatic N) is 2. The lowest BCUT2D eigenvalue weighted by Gasteiger charge is -2.07. The van der Waals surface area contributed by atoms with Gasteiger partial charge in [-0.15, -0.1) is 10.2 Å². The molecule has 2 amide bonds. The van der Waals surface area contributed by atoms with E-state index in [1.54, 1.807) is 7.11 Å². The van der Waals surface area contributed by atoms with E-state index in [1.807, 2.05) is 24.3 Å². The molecule has 0 spiro atoms. The van der Waals surface area contributed by atoms with E-state index in [-0.39, 0.29) is 11.8 Å². The average Bonchev–Trinajstić information content (AvgIpc) is 3.17. The molecular weight excluding hydrogens is 316 g/mol. The van der Waals surface area contributed by atoms with Gasteiger partial charge < -0.3 is 10.1 Å². The van der Waals surface area contributed by atoms with E-state index in [4.69, 9.17) is 4.74 Å². The van der Waals surface area contributed by atoms with E-state index in [9.17, 15) is 9.59 Å². The van der Waals surface area contributed by atoms with Gasteiger partial charge in [0, 0.05) is 12.8 Å². The van der Waals surface area contributed by atoms with Crippen LogP contribution in [0.4, 0.5) is 5.13 Å². The number of carbonyl (C=O) groups excluding carboxylic acids is 2. The minimum atomic E-state index is -0.476. The number of aromatic nitrogens is 2. The van der Waals surface area contributed by atoms with E-state index in [0.29, 0.717) is 24.4 Å². The van der Waals surface area contributed by atoms with Gasteiger partial charge in [-0.05, 0) is 24.1 Å². The molecule has 1 atom stereocenters. The molecule has 2 heterocycles. The SMILES string of the molecule is COc1ccc(Cc2nnc(NC(=O)[C@H]3CCC(=O)N3)s2)cc1.